The van der Waals surface area contributed by atoms with Crippen LogP contribution in [0.5, 0.6) is 0 Å². The van der Waals surface area contributed by atoms with Crippen LogP contribution in [0.3, 0.4) is 0 Å². The molecule has 114 valence electrons. The van der Waals surface area contributed by atoms with Crippen LogP contribution < -0.4 is 0 Å². The van der Waals surface area contributed by atoms with E-state index in [1.807, 2.05) is 0 Å². The standard InChI is InChI=1S/C13H14Cl2N2O4/c1-21-9-3-2-4-16(7-9)13(18)8-5-10(14)12(15)11(6-8)17(19)20/h5-6,9H,2-4,7H2,1H3. The molecule has 0 saturated carbocycles. The average molecular weight is 333 g/mol. The fraction of sp³-hybridized carbons (Fsp3) is 0.462. The van der Waals surface area contributed by atoms with Crippen LogP contribution in [-0.4, -0.2) is 42.0 Å². The molecule has 1 aromatic carbocycles. The molecule has 1 saturated heterocycles. The zero-order valence-corrected chi connectivity index (χ0v) is 12.9. The van der Waals surface area contributed by atoms with Gasteiger partial charge in [-0.05, 0) is 18.9 Å². The zero-order valence-electron chi connectivity index (χ0n) is 11.3. The maximum absolute atomic E-state index is 12.4. The first-order valence-electron chi connectivity index (χ1n) is 6.39. The Hall–Kier alpha value is -1.37. The van der Waals surface area contributed by atoms with Gasteiger partial charge in [0.15, 0.2) is 0 Å². The molecule has 1 unspecified atom stereocenters. The lowest BCUT2D eigenvalue weighted by atomic mass is 10.1. The number of carbonyl (C=O) groups excluding carboxylic acids is 1. The van der Waals surface area contributed by atoms with E-state index in [2.05, 4.69) is 0 Å². The molecule has 0 aliphatic carbocycles. The molecule has 1 heterocycles. The number of ether oxygens (including phenoxy) is 1. The van der Waals surface area contributed by atoms with E-state index >= 15 is 0 Å². The number of carbonyl (C=O) groups is 1. The summed E-state index contributed by atoms with van der Waals surface area (Å²) in [5, 5.41) is 10.8. The van der Waals surface area contributed by atoms with Crippen LogP contribution in [-0.2, 0) is 4.74 Å². The summed E-state index contributed by atoms with van der Waals surface area (Å²) < 4.78 is 5.26. The van der Waals surface area contributed by atoms with E-state index in [1.165, 1.54) is 6.07 Å². The van der Waals surface area contributed by atoms with Crippen molar-refractivity contribution in [2.24, 2.45) is 0 Å². The van der Waals surface area contributed by atoms with Crippen molar-refractivity contribution < 1.29 is 14.5 Å². The summed E-state index contributed by atoms with van der Waals surface area (Å²) in [6.07, 6.45) is 1.70. The Bertz CT molecular complexity index is 580. The third kappa shape index (κ3) is 3.45. The number of halogens is 2. The highest BCUT2D eigenvalue weighted by Gasteiger charge is 2.27. The van der Waals surface area contributed by atoms with Gasteiger partial charge in [-0.15, -0.1) is 0 Å². The lowest BCUT2D eigenvalue weighted by molar-refractivity contribution is -0.384. The summed E-state index contributed by atoms with van der Waals surface area (Å²) in [6, 6.07) is 2.52. The number of hydrogen-bond acceptors (Lipinski definition) is 4. The molecule has 1 amide bonds. The van der Waals surface area contributed by atoms with E-state index in [-0.39, 0.29) is 33.3 Å². The molecule has 0 bridgehead atoms. The zero-order chi connectivity index (χ0) is 15.6. The maximum atomic E-state index is 12.4. The number of nitro groups is 1. The van der Waals surface area contributed by atoms with Crippen molar-refractivity contribution in [1.29, 1.82) is 0 Å². The third-order valence-corrected chi connectivity index (χ3v) is 4.24. The highest BCUT2D eigenvalue weighted by atomic mass is 35.5. The molecular weight excluding hydrogens is 319 g/mol. The minimum Gasteiger partial charge on any atom is -0.380 e. The van der Waals surface area contributed by atoms with Gasteiger partial charge in [-0.3, -0.25) is 14.9 Å². The lowest BCUT2D eigenvalue weighted by Crippen LogP contribution is -2.42. The van der Waals surface area contributed by atoms with Crippen LogP contribution in [0.25, 0.3) is 0 Å². The van der Waals surface area contributed by atoms with Crippen LogP contribution in [0, 0.1) is 10.1 Å². The number of nitrogens with zero attached hydrogens (tertiary/aromatic N) is 2. The van der Waals surface area contributed by atoms with Gasteiger partial charge in [0.25, 0.3) is 11.6 Å². The highest BCUT2D eigenvalue weighted by molar-refractivity contribution is 6.43. The number of benzene rings is 1. The average Bonchev–Trinajstić information content (AvgIpc) is 2.48. The molecule has 0 spiro atoms. The Morgan fingerprint density at radius 1 is 1.48 bits per heavy atom. The molecule has 0 aromatic heterocycles. The van der Waals surface area contributed by atoms with E-state index < -0.39 is 4.92 Å². The first-order chi connectivity index (χ1) is 9.93. The van der Waals surface area contributed by atoms with Gasteiger partial charge in [-0.1, -0.05) is 23.2 Å². The quantitative estimate of drug-likeness (QED) is 0.629. The van der Waals surface area contributed by atoms with E-state index in [9.17, 15) is 14.9 Å². The Kier molecular flexibility index (Phi) is 5.03. The van der Waals surface area contributed by atoms with E-state index in [4.69, 9.17) is 27.9 Å². The van der Waals surface area contributed by atoms with Crippen molar-refractivity contribution in [3.8, 4) is 0 Å². The molecule has 1 atom stereocenters. The largest absolute Gasteiger partial charge is 0.380 e. The summed E-state index contributed by atoms with van der Waals surface area (Å²) in [5.41, 5.74) is -0.208. The summed E-state index contributed by atoms with van der Waals surface area (Å²) in [6.45, 7) is 1.05. The molecule has 2 rings (SSSR count). The number of rotatable bonds is 3. The lowest BCUT2D eigenvalue weighted by Gasteiger charge is -2.32. The van der Waals surface area contributed by atoms with Gasteiger partial charge in [0.05, 0.1) is 16.0 Å². The van der Waals surface area contributed by atoms with Crippen LogP contribution >= 0.6 is 23.2 Å². The van der Waals surface area contributed by atoms with Gasteiger partial charge in [0.1, 0.15) is 5.02 Å². The predicted octanol–water partition coefficient (Wildman–Crippen LogP) is 3.15. The summed E-state index contributed by atoms with van der Waals surface area (Å²) in [4.78, 5) is 24.3. The number of hydrogen-bond donors (Lipinski definition) is 0. The summed E-state index contributed by atoms with van der Waals surface area (Å²) >= 11 is 11.6. The molecule has 1 aliphatic heterocycles. The predicted molar refractivity (Wildman–Crippen MR) is 79.1 cm³/mol. The van der Waals surface area contributed by atoms with Crippen molar-refractivity contribution in [1.82, 2.24) is 4.90 Å². The second kappa shape index (κ2) is 6.60. The van der Waals surface area contributed by atoms with Gasteiger partial charge in [0.2, 0.25) is 0 Å². The molecule has 0 N–H and O–H groups in total. The molecular formula is C13H14Cl2N2O4. The molecule has 1 aliphatic rings. The fourth-order valence-electron chi connectivity index (χ4n) is 2.33. The van der Waals surface area contributed by atoms with Crippen molar-refractivity contribution in [2.75, 3.05) is 20.2 Å². The Balaban J connectivity index is 2.29. The molecule has 1 aromatic rings. The van der Waals surface area contributed by atoms with Crippen molar-refractivity contribution in [3.05, 3.63) is 37.9 Å². The van der Waals surface area contributed by atoms with Gasteiger partial charge in [0, 0.05) is 31.8 Å². The van der Waals surface area contributed by atoms with Gasteiger partial charge in [-0.25, -0.2) is 0 Å². The van der Waals surface area contributed by atoms with Crippen LogP contribution in [0.15, 0.2) is 12.1 Å². The Morgan fingerprint density at radius 2 is 2.19 bits per heavy atom. The minimum absolute atomic E-state index is 0.00508. The van der Waals surface area contributed by atoms with E-state index in [0.717, 1.165) is 18.9 Å². The highest BCUT2D eigenvalue weighted by Crippen LogP contribution is 2.33. The van der Waals surface area contributed by atoms with Gasteiger partial charge >= 0.3 is 0 Å². The molecule has 0 radical (unpaired) electrons. The first kappa shape index (κ1) is 16.0. The van der Waals surface area contributed by atoms with Gasteiger partial charge < -0.3 is 9.64 Å². The van der Waals surface area contributed by atoms with Crippen LogP contribution in [0.4, 0.5) is 5.69 Å². The van der Waals surface area contributed by atoms with Gasteiger partial charge in [-0.2, -0.15) is 0 Å². The molecule has 1 fully saturated rings. The number of nitro benzene ring substituents is 1. The summed E-state index contributed by atoms with van der Waals surface area (Å²) in [5.74, 6) is -0.307. The van der Waals surface area contributed by atoms with Crippen molar-refractivity contribution in [3.63, 3.8) is 0 Å². The Labute approximate surface area is 131 Å². The second-order valence-electron chi connectivity index (χ2n) is 4.80. The Morgan fingerprint density at radius 3 is 2.81 bits per heavy atom. The van der Waals surface area contributed by atoms with Crippen LogP contribution in [0.2, 0.25) is 10.0 Å². The van der Waals surface area contributed by atoms with E-state index in [0.29, 0.717) is 13.1 Å². The number of amides is 1. The fourth-order valence-corrected chi connectivity index (χ4v) is 2.72. The smallest absolute Gasteiger partial charge is 0.290 e. The molecule has 21 heavy (non-hydrogen) atoms. The van der Waals surface area contributed by atoms with Crippen LogP contribution in [0.1, 0.15) is 23.2 Å². The molecule has 6 nitrogen and oxygen atoms in total. The minimum atomic E-state index is -0.654. The molecule has 8 heteroatoms. The topological polar surface area (TPSA) is 72.7 Å². The first-order valence-corrected chi connectivity index (χ1v) is 7.15. The third-order valence-electron chi connectivity index (χ3n) is 3.45. The second-order valence-corrected chi connectivity index (χ2v) is 5.58. The van der Waals surface area contributed by atoms with Crippen molar-refractivity contribution in [2.45, 2.75) is 18.9 Å². The SMILES string of the molecule is COC1CCCN(C(=O)c2cc(Cl)c(Cl)c([N+](=O)[O-])c2)C1. The monoisotopic (exact) mass is 332 g/mol. The maximum Gasteiger partial charge on any atom is 0.290 e. The van der Waals surface area contributed by atoms with Crippen molar-refractivity contribution >= 4 is 34.8 Å². The normalized spacial score (nSPS) is 18.6. The number of likely N-dealkylation sites (tertiary alicyclic amines) is 1. The summed E-state index contributed by atoms with van der Waals surface area (Å²) in [7, 11) is 1.60. The number of piperidine rings is 1. The number of methoxy groups -OCH3 is 1. The van der Waals surface area contributed by atoms with E-state index in [1.54, 1.807) is 12.0 Å².